The molecule has 2 rings (SSSR count). The minimum absolute atomic E-state index is 0. The number of halogens is 1. The third-order valence-electron chi connectivity index (χ3n) is 3.91. The van der Waals surface area contributed by atoms with Gasteiger partial charge in [0.05, 0.1) is 17.5 Å². The van der Waals surface area contributed by atoms with Crippen LogP contribution in [0.25, 0.3) is 0 Å². The first-order chi connectivity index (χ1) is 11.3. The van der Waals surface area contributed by atoms with Gasteiger partial charge in [0.1, 0.15) is 0 Å². The van der Waals surface area contributed by atoms with Crippen LogP contribution in [0.2, 0.25) is 0 Å². The number of rotatable bonds is 5. The average Bonchev–Trinajstić information content (AvgIpc) is 2.98. The van der Waals surface area contributed by atoms with Gasteiger partial charge in [0.15, 0.2) is 5.96 Å². The molecule has 9 heteroatoms. The Kier molecular flexibility index (Phi) is 8.58. The van der Waals surface area contributed by atoms with Gasteiger partial charge in [0, 0.05) is 33.7 Å². The highest BCUT2D eigenvalue weighted by Gasteiger charge is 2.22. The first kappa shape index (κ1) is 22.1. The smallest absolute Gasteiger partial charge is 0.242 e. The lowest BCUT2D eigenvalue weighted by molar-refractivity contribution is 0.188. The van der Waals surface area contributed by atoms with Crippen molar-refractivity contribution in [3.63, 3.8) is 0 Å². The summed E-state index contributed by atoms with van der Waals surface area (Å²) in [5.74, 6) is 0.777. The molecule has 0 spiro atoms. The van der Waals surface area contributed by atoms with Crippen molar-refractivity contribution in [1.82, 2.24) is 14.5 Å². The summed E-state index contributed by atoms with van der Waals surface area (Å²) in [6.07, 6.45) is 0.450. The number of aliphatic hydroxyl groups is 1. The number of nitrogens with zero attached hydrogens (tertiary/aromatic N) is 3. The average molecular weight is 482 g/mol. The second-order valence-electron chi connectivity index (χ2n) is 5.99. The number of aliphatic hydroxyl groups excluding tert-OH is 1. The molecule has 0 unspecified atom stereocenters. The van der Waals surface area contributed by atoms with Crippen molar-refractivity contribution in [1.29, 1.82) is 0 Å². The molecule has 25 heavy (non-hydrogen) atoms. The van der Waals surface area contributed by atoms with Crippen LogP contribution in [-0.4, -0.2) is 68.5 Å². The highest BCUT2D eigenvalue weighted by Crippen LogP contribution is 2.15. The van der Waals surface area contributed by atoms with Crippen LogP contribution in [0.3, 0.4) is 0 Å². The van der Waals surface area contributed by atoms with Gasteiger partial charge in [-0.3, -0.25) is 0 Å². The van der Waals surface area contributed by atoms with Crippen molar-refractivity contribution < 1.29 is 13.5 Å². The number of β-amino-alcohol motifs (C(OH)–C–C–N with tert-alkyl or cyclic N) is 1. The maximum atomic E-state index is 12.1. The molecule has 0 radical (unpaired) electrons. The number of nitrogens with one attached hydrogen (secondary N) is 1. The molecule has 1 fully saturated rings. The molecule has 0 aliphatic carbocycles. The van der Waals surface area contributed by atoms with Crippen LogP contribution in [0.15, 0.2) is 34.2 Å². The Bertz CT molecular complexity index is 677. The summed E-state index contributed by atoms with van der Waals surface area (Å²) < 4.78 is 25.3. The Labute approximate surface area is 167 Å². The summed E-state index contributed by atoms with van der Waals surface area (Å²) in [6, 6.07) is 6.77. The van der Waals surface area contributed by atoms with Gasteiger partial charge in [-0.25, -0.2) is 17.7 Å². The highest BCUT2D eigenvalue weighted by atomic mass is 127. The van der Waals surface area contributed by atoms with Crippen molar-refractivity contribution in [2.24, 2.45) is 4.99 Å². The summed E-state index contributed by atoms with van der Waals surface area (Å²) in [4.78, 5) is 6.90. The van der Waals surface area contributed by atoms with Crippen molar-refractivity contribution in [3.05, 3.63) is 29.8 Å². The number of likely N-dealkylation sites (tertiary alicyclic amines) is 1. The van der Waals surface area contributed by atoms with Crippen LogP contribution in [0.1, 0.15) is 18.9 Å². The van der Waals surface area contributed by atoms with Crippen molar-refractivity contribution in [2.45, 2.75) is 30.9 Å². The van der Waals surface area contributed by atoms with Crippen LogP contribution in [0.5, 0.6) is 0 Å². The number of guanidine groups is 1. The Balaban J connectivity index is 0.00000312. The van der Waals surface area contributed by atoms with Gasteiger partial charge >= 0.3 is 0 Å². The molecule has 0 bridgehead atoms. The Morgan fingerprint density at radius 1 is 1.36 bits per heavy atom. The van der Waals surface area contributed by atoms with E-state index >= 15 is 0 Å². The zero-order chi connectivity index (χ0) is 17.7. The van der Waals surface area contributed by atoms with Crippen LogP contribution in [0.4, 0.5) is 0 Å². The van der Waals surface area contributed by atoms with Gasteiger partial charge in [-0.15, -0.1) is 24.0 Å². The van der Waals surface area contributed by atoms with E-state index in [1.54, 1.807) is 24.3 Å². The van der Waals surface area contributed by atoms with Crippen molar-refractivity contribution >= 4 is 40.0 Å². The van der Waals surface area contributed by atoms with Gasteiger partial charge in [0.25, 0.3) is 0 Å². The van der Waals surface area contributed by atoms with Gasteiger partial charge in [-0.2, -0.15) is 0 Å². The second-order valence-corrected chi connectivity index (χ2v) is 8.14. The number of aliphatic imine (C=N–C) groups is 1. The molecule has 0 saturated carbocycles. The molecular weight excluding hydrogens is 455 g/mol. The molecule has 1 aliphatic heterocycles. The van der Waals surface area contributed by atoms with E-state index in [1.165, 1.54) is 18.4 Å². The van der Waals surface area contributed by atoms with E-state index in [0.717, 1.165) is 31.0 Å². The van der Waals surface area contributed by atoms with E-state index in [4.69, 9.17) is 0 Å². The second kappa shape index (κ2) is 9.70. The topological polar surface area (TPSA) is 85.2 Å². The minimum Gasteiger partial charge on any atom is -0.391 e. The molecular formula is C16H27IN4O3S. The predicted octanol–water partition coefficient (Wildman–Crippen LogP) is 1.09. The van der Waals surface area contributed by atoms with E-state index in [0.29, 0.717) is 13.1 Å². The molecule has 0 amide bonds. The zero-order valence-corrected chi connectivity index (χ0v) is 18.0. The van der Waals surface area contributed by atoms with Crippen LogP contribution >= 0.6 is 24.0 Å². The van der Waals surface area contributed by atoms with E-state index < -0.39 is 10.0 Å². The maximum absolute atomic E-state index is 12.1. The summed E-state index contributed by atoms with van der Waals surface area (Å²) >= 11 is 0. The fraction of sp³-hybridized carbons (Fsp3) is 0.562. The van der Waals surface area contributed by atoms with Gasteiger partial charge < -0.3 is 15.3 Å². The van der Waals surface area contributed by atoms with E-state index in [9.17, 15) is 13.5 Å². The standard InChI is InChI=1S/C16H26N4O3S.HI/c1-4-17-16(20-10-9-14(21)12-20)18-11-13-5-7-15(8-6-13)24(22,23)19(2)3;/h5-8,14,21H,4,9-12H2,1-3H3,(H,17,18);1H/t14-;/m1./s1. The molecule has 1 saturated heterocycles. The molecule has 1 aliphatic rings. The van der Waals surface area contributed by atoms with Crippen LogP contribution in [-0.2, 0) is 16.6 Å². The number of hydrogen-bond acceptors (Lipinski definition) is 4. The zero-order valence-electron chi connectivity index (χ0n) is 14.8. The first-order valence-electron chi connectivity index (χ1n) is 8.07. The molecule has 1 heterocycles. The lowest BCUT2D eigenvalue weighted by Crippen LogP contribution is -2.40. The quantitative estimate of drug-likeness (QED) is 0.373. The van der Waals surface area contributed by atoms with Crippen LogP contribution < -0.4 is 5.32 Å². The fourth-order valence-electron chi connectivity index (χ4n) is 2.50. The molecule has 7 nitrogen and oxygen atoms in total. The largest absolute Gasteiger partial charge is 0.391 e. The van der Waals surface area contributed by atoms with E-state index in [2.05, 4.69) is 10.3 Å². The lowest BCUT2D eigenvalue weighted by atomic mass is 10.2. The molecule has 1 aromatic rings. The van der Waals surface area contributed by atoms with Crippen LogP contribution in [0, 0.1) is 0 Å². The Morgan fingerprint density at radius 2 is 2.00 bits per heavy atom. The Morgan fingerprint density at radius 3 is 2.48 bits per heavy atom. The van der Waals surface area contributed by atoms with E-state index in [1.807, 2.05) is 11.8 Å². The molecule has 0 aromatic heterocycles. The normalized spacial score (nSPS) is 18.4. The summed E-state index contributed by atoms with van der Waals surface area (Å²) in [6.45, 7) is 4.59. The monoisotopic (exact) mass is 482 g/mol. The van der Waals surface area contributed by atoms with Gasteiger partial charge in [-0.05, 0) is 31.0 Å². The first-order valence-corrected chi connectivity index (χ1v) is 9.51. The molecule has 142 valence electrons. The number of hydrogen-bond donors (Lipinski definition) is 2. The van der Waals surface area contributed by atoms with Gasteiger partial charge in [-0.1, -0.05) is 12.1 Å². The maximum Gasteiger partial charge on any atom is 0.242 e. The predicted molar refractivity (Wildman–Crippen MR) is 110 cm³/mol. The van der Waals surface area contributed by atoms with Crippen molar-refractivity contribution in [3.8, 4) is 0 Å². The molecule has 1 aromatic carbocycles. The highest BCUT2D eigenvalue weighted by molar-refractivity contribution is 14.0. The lowest BCUT2D eigenvalue weighted by Gasteiger charge is -2.21. The number of sulfonamides is 1. The third-order valence-corrected chi connectivity index (χ3v) is 5.74. The third kappa shape index (κ3) is 5.80. The number of benzene rings is 1. The fourth-order valence-corrected chi connectivity index (χ4v) is 3.41. The molecule has 2 N–H and O–H groups in total. The minimum atomic E-state index is -3.40. The van der Waals surface area contributed by atoms with Crippen molar-refractivity contribution in [2.75, 3.05) is 33.7 Å². The SMILES string of the molecule is CCNC(=NCc1ccc(S(=O)(=O)N(C)C)cc1)N1CC[C@@H](O)C1.I. The van der Waals surface area contributed by atoms with Gasteiger partial charge in [0.2, 0.25) is 10.0 Å². The summed E-state index contributed by atoms with van der Waals surface area (Å²) in [7, 11) is -0.374. The Hall–Kier alpha value is -0.910. The molecule has 1 atom stereocenters. The summed E-state index contributed by atoms with van der Waals surface area (Å²) in [5, 5.41) is 12.9. The van der Waals surface area contributed by atoms with E-state index in [-0.39, 0.29) is 35.0 Å². The summed E-state index contributed by atoms with van der Waals surface area (Å²) in [5.41, 5.74) is 0.933.